The molecule has 4 N–H and O–H groups in total. The Morgan fingerprint density at radius 2 is 1.09 bits per heavy atom. The highest BCUT2D eigenvalue weighted by molar-refractivity contribution is 5.87. The van der Waals surface area contributed by atoms with Gasteiger partial charge in [0.1, 0.15) is 35.1 Å². The van der Waals surface area contributed by atoms with E-state index in [1.807, 2.05) is 39.8 Å². The summed E-state index contributed by atoms with van der Waals surface area (Å²) >= 11 is 0. The van der Waals surface area contributed by atoms with Crippen molar-refractivity contribution in [3.05, 3.63) is 69.8 Å². The number of ether oxygens (including phenoxy) is 2. The normalized spacial score (nSPS) is 21.9. The monoisotopic (exact) mass is 791 g/mol. The maximum Gasteiger partial charge on any atom is 0.407 e. The second-order valence-electron chi connectivity index (χ2n) is 16.2. The molecule has 4 aliphatic rings. The molecule has 15 nitrogen and oxygen atoms in total. The summed E-state index contributed by atoms with van der Waals surface area (Å²) in [6, 6.07) is 2.71. The Balaban J connectivity index is 1.09. The van der Waals surface area contributed by atoms with Crippen molar-refractivity contribution in [2.24, 2.45) is 11.8 Å². The van der Waals surface area contributed by atoms with Crippen LogP contribution in [0.15, 0.2) is 24.5 Å². The van der Waals surface area contributed by atoms with Gasteiger partial charge in [0.05, 0.1) is 38.7 Å². The van der Waals surface area contributed by atoms with Crippen molar-refractivity contribution >= 4 is 24.0 Å². The predicted octanol–water partition coefficient (Wildman–Crippen LogP) is 4.84. The minimum Gasteiger partial charge on any atom is -0.453 e. The van der Waals surface area contributed by atoms with Gasteiger partial charge in [-0.1, -0.05) is 39.5 Å². The fourth-order valence-corrected chi connectivity index (χ4v) is 9.00. The van der Waals surface area contributed by atoms with E-state index in [2.05, 4.69) is 66.2 Å². The molecular formula is C43H53N9O6. The molecule has 6 heterocycles. The van der Waals surface area contributed by atoms with Crippen LogP contribution < -0.4 is 10.6 Å². The van der Waals surface area contributed by atoms with Crippen molar-refractivity contribution in [3.63, 3.8) is 0 Å². The number of hydrogen-bond donors (Lipinski definition) is 4. The van der Waals surface area contributed by atoms with Gasteiger partial charge in [-0.3, -0.25) is 14.5 Å². The Morgan fingerprint density at radius 1 is 0.672 bits per heavy atom. The molecule has 0 spiro atoms. The number of hydrogen-bond acceptors (Lipinski definition) is 9. The van der Waals surface area contributed by atoms with Gasteiger partial charge in [-0.25, -0.2) is 19.6 Å². The molecule has 3 fully saturated rings. The molecule has 6 unspecified atom stereocenters. The molecule has 4 amide bonds. The second kappa shape index (κ2) is 17.0. The number of likely N-dealkylation sites (tertiary alicyclic amines) is 2. The number of nitrogens with zero attached hydrogens (tertiary/aromatic N) is 5. The molecule has 0 radical (unpaired) electrons. The van der Waals surface area contributed by atoms with E-state index in [-0.39, 0.29) is 47.8 Å². The SMILES string of the molecule is COC(=O)NC(C(=O)N1CCCC1c1ncc(C#Cc2ccc(C#Cc3cnc(C4CCCN4C(=O)C(NC(=O)OC)C(C)C)[nH]3)c3c2C2CCC3N2C)[nH]1)C(C)C. The lowest BCUT2D eigenvalue weighted by Gasteiger charge is -2.29. The van der Waals surface area contributed by atoms with Crippen LogP contribution in [0.25, 0.3) is 0 Å². The molecule has 3 aromatic rings. The van der Waals surface area contributed by atoms with Gasteiger partial charge in [-0.2, -0.15) is 0 Å². The Kier molecular flexibility index (Phi) is 11.8. The number of alkyl carbamates (subject to hydrolysis) is 2. The zero-order chi connectivity index (χ0) is 41.2. The molecule has 2 bridgehead atoms. The van der Waals surface area contributed by atoms with E-state index >= 15 is 0 Å². The lowest BCUT2D eigenvalue weighted by molar-refractivity contribution is -0.136. The quantitative estimate of drug-likeness (QED) is 0.233. The van der Waals surface area contributed by atoms with Crippen molar-refractivity contribution in [2.45, 2.75) is 102 Å². The lowest BCUT2D eigenvalue weighted by Crippen LogP contribution is -2.51. The van der Waals surface area contributed by atoms with Crippen LogP contribution in [-0.2, 0) is 19.1 Å². The number of carbonyl (C=O) groups is 4. The number of fused-ring (bicyclic) bond motifs is 5. The number of methoxy groups -OCH3 is 2. The molecule has 6 atom stereocenters. The molecule has 0 saturated carbocycles. The molecule has 15 heteroatoms. The Morgan fingerprint density at radius 3 is 1.47 bits per heavy atom. The van der Waals surface area contributed by atoms with Gasteiger partial charge < -0.3 is 39.9 Å². The predicted molar refractivity (Wildman–Crippen MR) is 214 cm³/mol. The van der Waals surface area contributed by atoms with Crippen molar-refractivity contribution in [3.8, 4) is 23.7 Å². The Bertz CT molecular complexity index is 2040. The molecule has 1 aromatic carbocycles. The smallest absolute Gasteiger partial charge is 0.407 e. The minimum atomic E-state index is -0.704. The molecule has 58 heavy (non-hydrogen) atoms. The fourth-order valence-electron chi connectivity index (χ4n) is 9.00. The van der Waals surface area contributed by atoms with Crippen molar-refractivity contribution in [2.75, 3.05) is 34.4 Å². The summed E-state index contributed by atoms with van der Waals surface area (Å²) in [5.41, 5.74) is 5.67. The van der Waals surface area contributed by atoms with E-state index in [9.17, 15) is 19.2 Å². The van der Waals surface area contributed by atoms with Crippen LogP contribution in [0.5, 0.6) is 0 Å². The third kappa shape index (κ3) is 7.88. The number of imidazole rings is 2. The van der Waals surface area contributed by atoms with Crippen LogP contribution >= 0.6 is 0 Å². The summed E-state index contributed by atoms with van der Waals surface area (Å²) in [6.07, 6.45) is 7.45. The van der Waals surface area contributed by atoms with Crippen LogP contribution in [0.2, 0.25) is 0 Å². The standard InChI is InChI=1S/C43H53N9O6/c1-24(2)36(48-42(55)57-6)40(53)51-20-8-10-32(51)38-44-22-28(46-38)16-14-26-12-13-27(35-31-19-18-30(34(26)35)50(31)5)15-17-29-23-45-39(47-29)33-11-9-21-52(33)41(54)37(25(3)4)49-43(56)58-7/h12-13,22-25,30-33,36-37H,8-11,18-21H2,1-7H3,(H,44,46)(H,45,47)(H,48,55)(H,49,56). The maximum absolute atomic E-state index is 13.6. The van der Waals surface area contributed by atoms with E-state index in [4.69, 9.17) is 9.47 Å². The van der Waals surface area contributed by atoms with Crippen LogP contribution in [-0.4, -0.2) is 105 Å². The third-order valence-electron chi connectivity index (χ3n) is 12.0. The first kappa shape index (κ1) is 40.4. The van der Waals surface area contributed by atoms with E-state index in [0.29, 0.717) is 36.1 Å². The van der Waals surface area contributed by atoms with Crippen molar-refractivity contribution in [1.29, 1.82) is 0 Å². The van der Waals surface area contributed by atoms with E-state index in [0.717, 1.165) is 49.7 Å². The van der Waals surface area contributed by atoms with Gasteiger partial charge in [0, 0.05) is 36.3 Å². The van der Waals surface area contributed by atoms with Gasteiger partial charge in [-0.05, 0) is 92.5 Å². The number of nitrogens with one attached hydrogen (secondary N) is 4. The second-order valence-corrected chi connectivity index (χ2v) is 16.2. The highest BCUT2D eigenvalue weighted by Gasteiger charge is 2.44. The number of aromatic nitrogens is 4. The minimum absolute atomic E-state index is 0.118. The molecule has 7 rings (SSSR count). The van der Waals surface area contributed by atoms with Crippen molar-refractivity contribution < 1.29 is 28.7 Å². The topological polar surface area (TPSA) is 178 Å². The number of benzene rings is 1. The molecule has 0 aliphatic carbocycles. The number of carbonyl (C=O) groups excluding carboxylic acids is 4. The summed E-state index contributed by atoms with van der Waals surface area (Å²) in [7, 11) is 4.74. The lowest BCUT2D eigenvalue weighted by atomic mass is 9.85. The molecule has 4 aliphatic heterocycles. The molecule has 3 saturated heterocycles. The first-order chi connectivity index (χ1) is 27.9. The average molecular weight is 792 g/mol. The van der Waals surface area contributed by atoms with Gasteiger partial charge in [0.25, 0.3) is 0 Å². The zero-order valence-electron chi connectivity index (χ0n) is 34.3. The Labute approximate surface area is 339 Å². The maximum atomic E-state index is 13.6. The summed E-state index contributed by atoms with van der Waals surface area (Å²) in [5.74, 6) is 14.3. The van der Waals surface area contributed by atoms with Crippen LogP contribution in [0.1, 0.15) is 136 Å². The van der Waals surface area contributed by atoms with E-state index in [1.165, 1.54) is 25.3 Å². The molecule has 306 valence electrons. The van der Waals surface area contributed by atoms with Crippen molar-refractivity contribution in [1.82, 2.24) is 45.3 Å². The highest BCUT2D eigenvalue weighted by atomic mass is 16.5. The number of amides is 4. The highest BCUT2D eigenvalue weighted by Crippen LogP contribution is 2.54. The van der Waals surface area contributed by atoms with Gasteiger partial charge in [0.15, 0.2) is 0 Å². The van der Waals surface area contributed by atoms with Gasteiger partial charge in [-0.15, -0.1) is 0 Å². The third-order valence-corrected chi connectivity index (χ3v) is 12.0. The first-order valence-electron chi connectivity index (χ1n) is 20.2. The average Bonchev–Trinajstić information content (AvgIpc) is 4.08. The van der Waals surface area contributed by atoms with E-state index in [1.54, 1.807) is 22.2 Å². The first-order valence-corrected chi connectivity index (χ1v) is 20.2. The summed E-state index contributed by atoms with van der Waals surface area (Å²) in [6.45, 7) is 8.74. The number of H-pyrrole nitrogens is 2. The van der Waals surface area contributed by atoms with Gasteiger partial charge >= 0.3 is 12.2 Å². The van der Waals surface area contributed by atoms with Crippen LogP contribution in [0.4, 0.5) is 9.59 Å². The number of rotatable bonds is 8. The summed E-state index contributed by atoms with van der Waals surface area (Å²) in [4.78, 5) is 73.2. The van der Waals surface area contributed by atoms with Gasteiger partial charge in [0.2, 0.25) is 11.8 Å². The van der Waals surface area contributed by atoms with Crippen LogP contribution in [0.3, 0.4) is 0 Å². The molecular weight excluding hydrogens is 739 g/mol. The zero-order valence-corrected chi connectivity index (χ0v) is 34.3. The fraction of sp³-hybridized carbons (Fsp3) is 0.535. The van der Waals surface area contributed by atoms with Crippen LogP contribution in [0, 0.1) is 35.5 Å². The Hall–Kier alpha value is -5.80. The summed E-state index contributed by atoms with van der Waals surface area (Å²) in [5, 5.41) is 5.39. The van der Waals surface area contributed by atoms with E-state index < -0.39 is 24.3 Å². The number of aromatic amines is 2. The molecule has 2 aromatic heterocycles. The largest absolute Gasteiger partial charge is 0.453 e. The summed E-state index contributed by atoms with van der Waals surface area (Å²) < 4.78 is 9.53.